The number of carbonyl (C=O) groups is 3. The van der Waals surface area contributed by atoms with Gasteiger partial charge in [-0.1, -0.05) is 29.8 Å². The molecule has 1 aromatic heterocycles. The molecule has 2 N–H and O–H groups in total. The Morgan fingerprint density at radius 2 is 1.94 bits per heavy atom. The van der Waals surface area contributed by atoms with E-state index in [1.165, 1.54) is 23.1 Å². The van der Waals surface area contributed by atoms with Gasteiger partial charge in [-0.15, -0.1) is 23.1 Å². The fourth-order valence-electron chi connectivity index (χ4n) is 3.07. The van der Waals surface area contributed by atoms with Crippen molar-refractivity contribution >= 4 is 52.3 Å². The van der Waals surface area contributed by atoms with Crippen molar-refractivity contribution < 1.29 is 19.1 Å². The Labute approximate surface area is 193 Å². The molecule has 7 nitrogen and oxygen atoms in total. The minimum atomic E-state index is -0.533. The van der Waals surface area contributed by atoms with Crippen LogP contribution in [0.25, 0.3) is 0 Å². The number of nitrogens with zero attached hydrogens (tertiary/aromatic N) is 1. The monoisotopic (exact) mass is 467 g/mol. The zero-order chi connectivity index (χ0) is 22.5. The van der Waals surface area contributed by atoms with Gasteiger partial charge in [0.1, 0.15) is 11.6 Å². The second-order valence-corrected chi connectivity index (χ2v) is 9.47. The molecule has 1 atom stereocenters. The molecule has 32 heavy (non-hydrogen) atoms. The quantitative estimate of drug-likeness (QED) is 0.506. The van der Waals surface area contributed by atoms with E-state index in [1.807, 2.05) is 55.5 Å². The van der Waals surface area contributed by atoms with Crippen molar-refractivity contribution in [1.82, 2.24) is 4.98 Å². The topological polar surface area (TPSA) is 97.4 Å². The zero-order valence-corrected chi connectivity index (χ0v) is 18.9. The van der Waals surface area contributed by atoms with Crippen LogP contribution < -0.4 is 10.6 Å². The van der Waals surface area contributed by atoms with Crippen LogP contribution in [0.15, 0.2) is 58.8 Å². The van der Waals surface area contributed by atoms with Gasteiger partial charge in [0.25, 0.3) is 0 Å². The molecule has 1 aliphatic rings. The van der Waals surface area contributed by atoms with E-state index in [-0.39, 0.29) is 31.3 Å². The summed E-state index contributed by atoms with van der Waals surface area (Å²) in [6.45, 7) is 1.99. The molecule has 2 aromatic carbocycles. The molecule has 0 saturated heterocycles. The van der Waals surface area contributed by atoms with Crippen LogP contribution in [0, 0.1) is 6.92 Å². The number of rotatable bonds is 7. The summed E-state index contributed by atoms with van der Waals surface area (Å²) in [4.78, 5) is 42.0. The molecule has 0 spiro atoms. The first-order valence-corrected chi connectivity index (χ1v) is 11.7. The van der Waals surface area contributed by atoms with Crippen LogP contribution in [0.4, 0.5) is 11.4 Å². The van der Waals surface area contributed by atoms with E-state index in [1.54, 1.807) is 5.38 Å². The predicted molar refractivity (Wildman–Crippen MR) is 125 cm³/mol. The summed E-state index contributed by atoms with van der Waals surface area (Å²) in [5.74, 6) is -0.836. The molecule has 9 heteroatoms. The van der Waals surface area contributed by atoms with Crippen LogP contribution in [0.5, 0.6) is 0 Å². The summed E-state index contributed by atoms with van der Waals surface area (Å²) in [5, 5.41) is 7.52. The second kappa shape index (κ2) is 9.97. The smallest absolute Gasteiger partial charge is 0.307 e. The SMILES string of the molecule is Cc1ccc(NC(=O)Cc2nc(COC(=O)C[C@H]3Sc4ccccc4NC3=O)cs2)cc1. The number of nitrogens with one attached hydrogen (secondary N) is 2. The lowest BCUT2D eigenvalue weighted by Gasteiger charge is -2.23. The fraction of sp³-hybridized carbons (Fsp3) is 0.217. The molecule has 0 aliphatic carbocycles. The number of amides is 2. The van der Waals surface area contributed by atoms with Crippen LogP contribution in [0.3, 0.4) is 0 Å². The van der Waals surface area contributed by atoms with Crippen LogP contribution in [0.1, 0.15) is 22.7 Å². The first-order valence-electron chi connectivity index (χ1n) is 9.98. The lowest BCUT2D eigenvalue weighted by atomic mass is 10.2. The van der Waals surface area contributed by atoms with E-state index in [4.69, 9.17) is 4.74 Å². The third-order valence-electron chi connectivity index (χ3n) is 4.69. The van der Waals surface area contributed by atoms with Crippen molar-refractivity contribution in [3.63, 3.8) is 0 Å². The van der Waals surface area contributed by atoms with Gasteiger partial charge in [0.05, 0.1) is 29.5 Å². The molecule has 0 fully saturated rings. The molecule has 0 radical (unpaired) electrons. The first-order chi connectivity index (χ1) is 15.5. The number of aryl methyl sites for hydroxylation is 1. The highest BCUT2D eigenvalue weighted by Crippen LogP contribution is 2.36. The van der Waals surface area contributed by atoms with E-state index in [9.17, 15) is 14.4 Å². The number of carbonyl (C=O) groups excluding carboxylic acids is 3. The van der Waals surface area contributed by atoms with Crippen molar-refractivity contribution in [3.05, 3.63) is 70.2 Å². The Morgan fingerprint density at radius 3 is 2.75 bits per heavy atom. The summed E-state index contributed by atoms with van der Waals surface area (Å²) < 4.78 is 5.30. The number of hydrogen-bond acceptors (Lipinski definition) is 7. The van der Waals surface area contributed by atoms with E-state index in [0.717, 1.165) is 21.8 Å². The van der Waals surface area contributed by atoms with Crippen LogP contribution >= 0.6 is 23.1 Å². The Kier molecular flexibility index (Phi) is 6.87. The summed E-state index contributed by atoms with van der Waals surface area (Å²) in [7, 11) is 0. The highest BCUT2D eigenvalue weighted by Gasteiger charge is 2.29. The standard InChI is InChI=1S/C23H21N3O4S2/c1-14-6-8-15(9-7-14)24-20(27)11-21-25-16(13-31-21)12-30-22(28)10-19-23(29)26-17-4-2-3-5-18(17)32-19/h2-9,13,19H,10-12H2,1H3,(H,24,27)(H,26,29)/t19-/m1/s1. The average molecular weight is 468 g/mol. The van der Waals surface area contributed by atoms with Gasteiger partial charge in [0, 0.05) is 16.0 Å². The largest absolute Gasteiger partial charge is 0.459 e. The number of thiazole rings is 1. The molecule has 0 unspecified atom stereocenters. The van der Waals surface area contributed by atoms with E-state index in [0.29, 0.717) is 10.7 Å². The van der Waals surface area contributed by atoms with Gasteiger partial charge in [-0.25, -0.2) is 4.98 Å². The Balaban J connectivity index is 1.24. The summed E-state index contributed by atoms with van der Waals surface area (Å²) in [6.07, 6.45) is 0.117. The number of fused-ring (bicyclic) bond motifs is 1. The zero-order valence-electron chi connectivity index (χ0n) is 17.3. The van der Waals surface area contributed by atoms with Gasteiger partial charge in [0.2, 0.25) is 11.8 Å². The maximum atomic E-state index is 12.2. The lowest BCUT2D eigenvalue weighted by Crippen LogP contribution is -2.31. The number of para-hydroxylation sites is 1. The summed E-state index contributed by atoms with van der Waals surface area (Å²) >= 11 is 2.70. The summed E-state index contributed by atoms with van der Waals surface area (Å²) in [5.41, 5.74) is 3.19. The molecule has 4 rings (SSSR count). The number of esters is 1. The Bertz CT molecular complexity index is 1140. The normalized spacial score (nSPS) is 14.9. The van der Waals surface area contributed by atoms with Crippen molar-refractivity contribution in [2.24, 2.45) is 0 Å². The number of thioether (sulfide) groups is 1. The number of hydrogen-bond donors (Lipinski definition) is 2. The number of anilines is 2. The highest BCUT2D eigenvalue weighted by atomic mass is 32.2. The minimum Gasteiger partial charge on any atom is -0.459 e. The third-order valence-corrected chi connectivity index (χ3v) is 6.86. The molecule has 1 aliphatic heterocycles. The van der Waals surface area contributed by atoms with E-state index >= 15 is 0 Å². The number of ether oxygens (including phenoxy) is 1. The first kappa shape index (κ1) is 22.0. The Hall–Kier alpha value is -3.17. The summed E-state index contributed by atoms with van der Waals surface area (Å²) in [6, 6.07) is 15.0. The maximum absolute atomic E-state index is 12.2. The van der Waals surface area contributed by atoms with Gasteiger partial charge in [0.15, 0.2) is 0 Å². The fourth-order valence-corrected chi connectivity index (χ4v) is 4.94. The van der Waals surface area contributed by atoms with Crippen molar-refractivity contribution in [1.29, 1.82) is 0 Å². The van der Waals surface area contributed by atoms with Crippen molar-refractivity contribution in [3.8, 4) is 0 Å². The van der Waals surface area contributed by atoms with Gasteiger partial charge in [-0.05, 0) is 31.2 Å². The van der Waals surface area contributed by atoms with Gasteiger partial charge in [-0.3, -0.25) is 14.4 Å². The van der Waals surface area contributed by atoms with Gasteiger partial charge < -0.3 is 15.4 Å². The average Bonchev–Trinajstić information content (AvgIpc) is 3.21. The molecule has 0 saturated carbocycles. The third kappa shape index (κ3) is 5.74. The molecule has 164 valence electrons. The molecule has 2 amide bonds. The molecule has 2 heterocycles. The maximum Gasteiger partial charge on any atom is 0.307 e. The minimum absolute atomic E-state index is 0.00447. The highest BCUT2D eigenvalue weighted by molar-refractivity contribution is 8.01. The molecular formula is C23H21N3O4S2. The molecule has 0 bridgehead atoms. The van der Waals surface area contributed by atoms with Crippen molar-refractivity contribution in [2.45, 2.75) is 36.5 Å². The predicted octanol–water partition coefficient (Wildman–Crippen LogP) is 4.18. The van der Waals surface area contributed by atoms with Crippen molar-refractivity contribution in [2.75, 3.05) is 10.6 Å². The van der Waals surface area contributed by atoms with Crippen LogP contribution in [0.2, 0.25) is 0 Å². The van der Waals surface area contributed by atoms with Gasteiger partial charge >= 0.3 is 5.97 Å². The second-order valence-electron chi connectivity index (χ2n) is 7.28. The molecule has 3 aromatic rings. The van der Waals surface area contributed by atoms with E-state index in [2.05, 4.69) is 15.6 Å². The number of benzene rings is 2. The number of aromatic nitrogens is 1. The lowest BCUT2D eigenvalue weighted by molar-refractivity contribution is -0.145. The molecular weight excluding hydrogens is 446 g/mol. The van der Waals surface area contributed by atoms with Crippen LogP contribution in [-0.4, -0.2) is 28.0 Å². The van der Waals surface area contributed by atoms with Gasteiger partial charge in [-0.2, -0.15) is 0 Å². The van der Waals surface area contributed by atoms with E-state index < -0.39 is 11.2 Å². The Morgan fingerprint density at radius 1 is 1.16 bits per heavy atom. The van der Waals surface area contributed by atoms with Crippen LogP contribution in [-0.2, 0) is 32.1 Å².